The molecule has 0 saturated carbocycles. The third kappa shape index (κ3) is 2.63. The average molecular weight is 341 g/mol. The first-order chi connectivity index (χ1) is 9.72. The molecular formula is C14H14BrFN2O2. The van der Waals surface area contributed by atoms with Crippen molar-refractivity contribution < 1.29 is 13.9 Å². The number of aromatic nitrogens is 2. The van der Waals surface area contributed by atoms with Crippen molar-refractivity contribution in [3.05, 3.63) is 54.4 Å². The molecule has 0 aliphatic carbocycles. The Morgan fingerprint density at radius 1 is 1.40 bits per heavy atom. The lowest BCUT2D eigenvalue weighted by Gasteiger charge is -2.28. The second-order valence-electron chi connectivity index (χ2n) is 4.75. The van der Waals surface area contributed by atoms with Crippen LogP contribution >= 0.6 is 15.9 Å². The highest BCUT2D eigenvalue weighted by atomic mass is 79.9. The normalized spacial score (nSPS) is 26.0. The number of alkyl halides is 1. The van der Waals surface area contributed by atoms with Gasteiger partial charge in [-0.1, -0.05) is 28.1 Å². The summed E-state index contributed by atoms with van der Waals surface area (Å²) in [5.41, 5.74) is 0.281. The minimum atomic E-state index is -0.618. The van der Waals surface area contributed by atoms with Crippen molar-refractivity contribution in [3.63, 3.8) is 0 Å². The summed E-state index contributed by atoms with van der Waals surface area (Å²) in [4.78, 5) is 4.04. The van der Waals surface area contributed by atoms with Gasteiger partial charge >= 0.3 is 0 Å². The second-order valence-corrected chi connectivity index (χ2v) is 5.40. The van der Waals surface area contributed by atoms with Gasteiger partial charge in [-0.05, 0) is 17.7 Å². The van der Waals surface area contributed by atoms with E-state index in [-0.39, 0.29) is 12.1 Å². The van der Waals surface area contributed by atoms with E-state index in [1.54, 1.807) is 24.7 Å². The molecule has 20 heavy (non-hydrogen) atoms. The quantitative estimate of drug-likeness (QED) is 0.803. The molecule has 1 aliphatic rings. The van der Waals surface area contributed by atoms with Gasteiger partial charge in [0.15, 0.2) is 6.29 Å². The molecule has 6 heteroatoms. The van der Waals surface area contributed by atoms with Crippen molar-refractivity contribution in [2.75, 3.05) is 11.9 Å². The number of hydrogen-bond acceptors (Lipinski definition) is 3. The van der Waals surface area contributed by atoms with E-state index in [4.69, 9.17) is 9.47 Å². The summed E-state index contributed by atoms with van der Waals surface area (Å²) in [7, 11) is 0. The number of rotatable bonds is 4. The zero-order valence-corrected chi connectivity index (χ0v) is 12.3. The third-order valence-electron chi connectivity index (χ3n) is 3.35. The van der Waals surface area contributed by atoms with E-state index < -0.39 is 5.60 Å². The Kier molecular flexibility index (Phi) is 3.87. The molecule has 0 amide bonds. The summed E-state index contributed by atoms with van der Waals surface area (Å²) in [6, 6.07) is 6.37. The molecule has 0 bridgehead atoms. The van der Waals surface area contributed by atoms with Crippen molar-refractivity contribution in [3.8, 4) is 0 Å². The SMILES string of the molecule is Fc1ccc([C@@]2(Cn3ccnc3)CO[C@H](CBr)O2)cc1. The molecule has 0 radical (unpaired) electrons. The first-order valence-electron chi connectivity index (χ1n) is 6.29. The Morgan fingerprint density at radius 2 is 2.20 bits per heavy atom. The van der Waals surface area contributed by atoms with Gasteiger partial charge in [-0.3, -0.25) is 0 Å². The summed E-state index contributed by atoms with van der Waals surface area (Å²) in [5, 5.41) is 0.597. The van der Waals surface area contributed by atoms with Gasteiger partial charge in [0.25, 0.3) is 0 Å². The van der Waals surface area contributed by atoms with Gasteiger partial charge in [0.05, 0.1) is 24.8 Å². The highest BCUT2D eigenvalue weighted by molar-refractivity contribution is 9.09. The van der Waals surface area contributed by atoms with Crippen LogP contribution in [0.15, 0.2) is 43.0 Å². The van der Waals surface area contributed by atoms with E-state index >= 15 is 0 Å². The zero-order valence-electron chi connectivity index (χ0n) is 10.7. The van der Waals surface area contributed by atoms with Crippen molar-refractivity contribution >= 4 is 15.9 Å². The van der Waals surface area contributed by atoms with Crippen molar-refractivity contribution in [1.82, 2.24) is 9.55 Å². The minimum Gasteiger partial charge on any atom is -0.348 e. The van der Waals surface area contributed by atoms with E-state index in [9.17, 15) is 4.39 Å². The Labute approximate surface area is 124 Å². The molecule has 0 unspecified atom stereocenters. The van der Waals surface area contributed by atoms with Crippen LogP contribution in [0.1, 0.15) is 5.56 Å². The predicted octanol–water partition coefficient (Wildman–Crippen LogP) is 2.69. The number of imidazole rings is 1. The van der Waals surface area contributed by atoms with Gasteiger partial charge in [-0.2, -0.15) is 0 Å². The summed E-state index contributed by atoms with van der Waals surface area (Å²) < 4.78 is 26.8. The molecule has 3 rings (SSSR count). The summed E-state index contributed by atoms with van der Waals surface area (Å²) in [6.07, 6.45) is 5.02. The number of benzene rings is 1. The van der Waals surface area contributed by atoms with Crippen molar-refractivity contribution in [1.29, 1.82) is 0 Å². The fourth-order valence-electron chi connectivity index (χ4n) is 2.38. The van der Waals surface area contributed by atoms with Crippen LogP contribution in [0, 0.1) is 5.82 Å². The lowest BCUT2D eigenvalue weighted by atomic mass is 9.94. The van der Waals surface area contributed by atoms with Gasteiger partial charge in [-0.25, -0.2) is 9.37 Å². The Bertz CT molecular complexity index is 561. The average Bonchev–Trinajstić information content (AvgIpc) is 3.10. The first kappa shape index (κ1) is 13.7. The molecule has 1 fully saturated rings. The van der Waals surface area contributed by atoms with Crippen LogP contribution in [0.4, 0.5) is 4.39 Å². The minimum absolute atomic E-state index is 0.262. The van der Waals surface area contributed by atoms with Crippen LogP contribution in [-0.2, 0) is 21.6 Å². The maximum Gasteiger partial charge on any atom is 0.168 e. The summed E-state index contributed by atoms with van der Waals surface area (Å²) >= 11 is 3.36. The fourth-order valence-corrected chi connectivity index (χ4v) is 2.70. The molecule has 0 spiro atoms. The largest absolute Gasteiger partial charge is 0.348 e. The van der Waals surface area contributed by atoms with Crippen LogP contribution < -0.4 is 0 Å². The smallest absolute Gasteiger partial charge is 0.168 e. The molecule has 106 valence electrons. The maximum absolute atomic E-state index is 13.1. The number of ether oxygens (including phenoxy) is 2. The lowest BCUT2D eigenvalue weighted by molar-refractivity contribution is -0.0819. The molecule has 1 aromatic heterocycles. The molecule has 2 heterocycles. The standard InChI is InChI=1S/C14H14BrFN2O2/c15-7-13-19-9-14(20-13,8-18-6-5-17-10-18)11-1-3-12(16)4-2-11/h1-6,10,13H,7-9H2/t13-,14+/m0/s1. The van der Waals surface area contributed by atoms with Crippen LogP contribution in [-0.4, -0.2) is 27.8 Å². The number of hydrogen-bond donors (Lipinski definition) is 0. The molecule has 2 aromatic rings. The van der Waals surface area contributed by atoms with Crippen molar-refractivity contribution in [2.45, 2.75) is 18.4 Å². The van der Waals surface area contributed by atoms with Gasteiger partial charge in [0.2, 0.25) is 0 Å². The zero-order chi connectivity index (χ0) is 14.0. The van der Waals surface area contributed by atoms with Gasteiger partial charge < -0.3 is 14.0 Å². The Hall–Kier alpha value is -1.24. The molecule has 1 aromatic carbocycles. The van der Waals surface area contributed by atoms with Gasteiger partial charge in [-0.15, -0.1) is 0 Å². The predicted molar refractivity (Wildman–Crippen MR) is 74.9 cm³/mol. The van der Waals surface area contributed by atoms with Crippen LogP contribution in [0.25, 0.3) is 0 Å². The molecule has 0 N–H and O–H groups in total. The number of halogens is 2. The second kappa shape index (κ2) is 5.63. The Balaban J connectivity index is 1.93. The number of nitrogens with zero attached hydrogens (tertiary/aromatic N) is 2. The lowest BCUT2D eigenvalue weighted by Crippen LogP contribution is -2.34. The van der Waals surface area contributed by atoms with E-state index in [0.29, 0.717) is 18.5 Å². The van der Waals surface area contributed by atoms with E-state index in [2.05, 4.69) is 20.9 Å². The topological polar surface area (TPSA) is 36.3 Å². The fraction of sp³-hybridized carbons (Fsp3) is 0.357. The molecule has 1 saturated heterocycles. The van der Waals surface area contributed by atoms with Crippen LogP contribution in [0.2, 0.25) is 0 Å². The van der Waals surface area contributed by atoms with Crippen LogP contribution in [0.5, 0.6) is 0 Å². The highest BCUT2D eigenvalue weighted by Gasteiger charge is 2.42. The monoisotopic (exact) mass is 340 g/mol. The summed E-state index contributed by atoms with van der Waals surface area (Å²) in [6.45, 7) is 0.995. The van der Waals surface area contributed by atoms with Crippen molar-refractivity contribution in [2.24, 2.45) is 0 Å². The van der Waals surface area contributed by atoms with Gasteiger partial charge in [0, 0.05) is 12.4 Å². The molecular weight excluding hydrogens is 327 g/mol. The third-order valence-corrected chi connectivity index (χ3v) is 3.88. The van der Waals surface area contributed by atoms with E-state index in [1.807, 2.05) is 10.8 Å². The molecule has 4 nitrogen and oxygen atoms in total. The summed E-state index contributed by atoms with van der Waals surface area (Å²) in [5.74, 6) is -0.262. The maximum atomic E-state index is 13.1. The Morgan fingerprint density at radius 3 is 2.80 bits per heavy atom. The van der Waals surface area contributed by atoms with Crippen LogP contribution in [0.3, 0.4) is 0 Å². The molecule has 1 aliphatic heterocycles. The van der Waals surface area contributed by atoms with E-state index in [0.717, 1.165) is 5.56 Å². The van der Waals surface area contributed by atoms with E-state index in [1.165, 1.54) is 12.1 Å². The molecule has 2 atom stereocenters. The highest BCUT2D eigenvalue weighted by Crippen LogP contribution is 2.36. The first-order valence-corrected chi connectivity index (χ1v) is 7.41. The van der Waals surface area contributed by atoms with Gasteiger partial charge in [0.1, 0.15) is 11.4 Å².